The van der Waals surface area contributed by atoms with Gasteiger partial charge >= 0.3 is 0 Å². The Labute approximate surface area is 129 Å². The quantitative estimate of drug-likeness (QED) is 0.886. The van der Waals surface area contributed by atoms with Gasteiger partial charge in [0.2, 0.25) is 0 Å². The molecule has 0 fully saturated rings. The van der Waals surface area contributed by atoms with Gasteiger partial charge in [0.25, 0.3) is 0 Å². The van der Waals surface area contributed by atoms with Crippen LogP contribution in [0.1, 0.15) is 24.9 Å². The van der Waals surface area contributed by atoms with Crippen LogP contribution in [-0.2, 0) is 6.54 Å². The maximum atomic E-state index is 8.92. The average Bonchev–Trinajstić information content (AvgIpc) is 2.82. The Morgan fingerprint density at radius 3 is 2.95 bits per heavy atom. The van der Waals surface area contributed by atoms with E-state index in [4.69, 9.17) is 14.6 Å². The summed E-state index contributed by atoms with van der Waals surface area (Å²) in [5.41, 5.74) is 2.05. The third-order valence-electron chi connectivity index (χ3n) is 3.62. The van der Waals surface area contributed by atoms with Crippen molar-refractivity contribution in [3.05, 3.63) is 36.2 Å². The standard InChI is InChI=1S/C16H21N3O3/c1-12(18-14-10-17-19(11-14)5-6-20)13-3-4-15-16(9-13)22-8-2-7-21-15/h3-4,9-12,18,20H,2,5-8H2,1H3. The van der Waals surface area contributed by atoms with E-state index in [-0.39, 0.29) is 12.6 Å². The molecule has 0 aliphatic carbocycles. The second-order valence-electron chi connectivity index (χ2n) is 5.34. The molecule has 2 heterocycles. The summed E-state index contributed by atoms with van der Waals surface area (Å²) < 4.78 is 13.1. The molecule has 1 aliphatic heterocycles. The van der Waals surface area contributed by atoms with Gasteiger partial charge in [0.1, 0.15) is 0 Å². The number of benzene rings is 1. The Kier molecular flexibility index (Phi) is 4.48. The Morgan fingerprint density at radius 1 is 1.32 bits per heavy atom. The predicted molar refractivity (Wildman–Crippen MR) is 83.4 cm³/mol. The van der Waals surface area contributed by atoms with Gasteiger partial charge in [0, 0.05) is 18.7 Å². The van der Waals surface area contributed by atoms with E-state index >= 15 is 0 Å². The highest BCUT2D eigenvalue weighted by molar-refractivity contribution is 5.47. The van der Waals surface area contributed by atoms with Gasteiger partial charge in [-0.25, -0.2) is 0 Å². The Morgan fingerprint density at radius 2 is 2.14 bits per heavy atom. The highest BCUT2D eigenvalue weighted by Crippen LogP contribution is 2.33. The first-order valence-corrected chi connectivity index (χ1v) is 7.55. The summed E-state index contributed by atoms with van der Waals surface area (Å²) in [6, 6.07) is 6.15. The monoisotopic (exact) mass is 303 g/mol. The van der Waals surface area contributed by atoms with E-state index in [0.29, 0.717) is 19.8 Å². The molecule has 0 bridgehead atoms. The Balaban J connectivity index is 1.71. The Hall–Kier alpha value is -2.21. The van der Waals surface area contributed by atoms with Crippen LogP contribution in [0.5, 0.6) is 11.5 Å². The molecule has 0 saturated heterocycles. The lowest BCUT2D eigenvalue weighted by atomic mass is 10.1. The summed E-state index contributed by atoms with van der Waals surface area (Å²) in [7, 11) is 0. The number of hydrogen-bond acceptors (Lipinski definition) is 5. The lowest BCUT2D eigenvalue weighted by Gasteiger charge is -2.16. The first kappa shape index (κ1) is 14.7. The second kappa shape index (κ2) is 6.70. The van der Waals surface area contributed by atoms with E-state index in [2.05, 4.69) is 17.3 Å². The fourth-order valence-electron chi connectivity index (χ4n) is 2.45. The van der Waals surface area contributed by atoms with Gasteiger partial charge in [-0.1, -0.05) is 6.07 Å². The highest BCUT2D eigenvalue weighted by Gasteiger charge is 2.14. The third-order valence-corrected chi connectivity index (χ3v) is 3.62. The van der Waals surface area contributed by atoms with Crippen LogP contribution in [0.3, 0.4) is 0 Å². The summed E-state index contributed by atoms with van der Waals surface area (Å²) in [5, 5.41) is 16.5. The Bertz CT molecular complexity index is 627. The van der Waals surface area contributed by atoms with Crippen molar-refractivity contribution in [3.8, 4) is 11.5 Å². The van der Waals surface area contributed by atoms with E-state index < -0.39 is 0 Å². The molecule has 0 radical (unpaired) electrons. The van der Waals surface area contributed by atoms with Gasteiger partial charge in [0.05, 0.1) is 38.2 Å². The SMILES string of the molecule is CC(Nc1cnn(CCO)c1)c1ccc2c(c1)OCCCO2. The van der Waals surface area contributed by atoms with Gasteiger partial charge in [0.15, 0.2) is 11.5 Å². The van der Waals surface area contributed by atoms with Crippen molar-refractivity contribution in [2.24, 2.45) is 0 Å². The zero-order valence-electron chi connectivity index (χ0n) is 12.7. The minimum Gasteiger partial charge on any atom is -0.490 e. The molecule has 2 aromatic rings. The molecule has 0 saturated carbocycles. The largest absolute Gasteiger partial charge is 0.490 e. The molecule has 1 aromatic heterocycles. The van der Waals surface area contributed by atoms with E-state index in [1.165, 1.54) is 0 Å². The first-order chi connectivity index (χ1) is 10.8. The summed E-state index contributed by atoms with van der Waals surface area (Å²) >= 11 is 0. The molecular formula is C16H21N3O3. The second-order valence-corrected chi connectivity index (χ2v) is 5.34. The number of aliphatic hydroxyl groups excluding tert-OH is 1. The van der Waals surface area contributed by atoms with Crippen LogP contribution < -0.4 is 14.8 Å². The molecule has 6 nitrogen and oxygen atoms in total. The zero-order chi connectivity index (χ0) is 15.4. The maximum absolute atomic E-state index is 8.92. The van der Waals surface area contributed by atoms with E-state index in [1.54, 1.807) is 10.9 Å². The number of rotatable bonds is 5. The predicted octanol–water partition coefficient (Wildman–Crippen LogP) is 2.21. The number of ether oxygens (including phenoxy) is 2. The van der Waals surface area contributed by atoms with Crippen LogP contribution >= 0.6 is 0 Å². The van der Waals surface area contributed by atoms with Crippen molar-refractivity contribution in [2.75, 3.05) is 25.1 Å². The molecule has 118 valence electrons. The van der Waals surface area contributed by atoms with E-state index in [1.807, 2.05) is 24.4 Å². The average molecular weight is 303 g/mol. The van der Waals surface area contributed by atoms with Gasteiger partial charge in [-0.3, -0.25) is 4.68 Å². The topological polar surface area (TPSA) is 68.5 Å². The molecule has 1 unspecified atom stereocenters. The van der Waals surface area contributed by atoms with Gasteiger partial charge in [-0.15, -0.1) is 0 Å². The van der Waals surface area contributed by atoms with Crippen LogP contribution in [0.15, 0.2) is 30.6 Å². The summed E-state index contributed by atoms with van der Waals surface area (Å²) in [5.74, 6) is 1.61. The number of aromatic nitrogens is 2. The molecule has 2 N–H and O–H groups in total. The lowest BCUT2D eigenvalue weighted by Crippen LogP contribution is -2.07. The van der Waals surface area contributed by atoms with Crippen LogP contribution in [0.2, 0.25) is 0 Å². The molecule has 0 amide bonds. The van der Waals surface area contributed by atoms with Crippen molar-refractivity contribution in [1.29, 1.82) is 0 Å². The first-order valence-electron chi connectivity index (χ1n) is 7.55. The zero-order valence-corrected chi connectivity index (χ0v) is 12.7. The van der Waals surface area contributed by atoms with Crippen LogP contribution in [-0.4, -0.2) is 34.7 Å². The number of anilines is 1. The van der Waals surface area contributed by atoms with Crippen molar-refractivity contribution >= 4 is 5.69 Å². The van der Waals surface area contributed by atoms with E-state index in [9.17, 15) is 0 Å². The van der Waals surface area contributed by atoms with Crippen LogP contribution in [0.4, 0.5) is 5.69 Å². The molecule has 0 spiro atoms. The minimum absolute atomic E-state index is 0.0822. The van der Waals surface area contributed by atoms with Crippen molar-refractivity contribution in [2.45, 2.75) is 25.9 Å². The normalized spacial score (nSPS) is 15.2. The van der Waals surface area contributed by atoms with Crippen LogP contribution in [0.25, 0.3) is 0 Å². The van der Waals surface area contributed by atoms with Gasteiger partial charge in [-0.2, -0.15) is 5.10 Å². The number of nitrogens with one attached hydrogen (secondary N) is 1. The molecular weight excluding hydrogens is 282 g/mol. The highest BCUT2D eigenvalue weighted by atomic mass is 16.5. The molecule has 3 rings (SSSR count). The minimum atomic E-state index is 0.0822. The molecule has 1 atom stereocenters. The van der Waals surface area contributed by atoms with E-state index in [0.717, 1.165) is 29.2 Å². The summed E-state index contributed by atoms with van der Waals surface area (Å²) in [4.78, 5) is 0. The number of nitrogens with zero attached hydrogens (tertiary/aromatic N) is 2. The van der Waals surface area contributed by atoms with Gasteiger partial charge in [-0.05, 0) is 24.6 Å². The number of aliphatic hydroxyl groups is 1. The van der Waals surface area contributed by atoms with Crippen molar-refractivity contribution in [3.63, 3.8) is 0 Å². The smallest absolute Gasteiger partial charge is 0.161 e. The molecule has 1 aliphatic rings. The number of hydrogen-bond donors (Lipinski definition) is 2. The fourth-order valence-corrected chi connectivity index (χ4v) is 2.45. The lowest BCUT2D eigenvalue weighted by molar-refractivity contribution is 0.269. The molecule has 22 heavy (non-hydrogen) atoms. The summed E-state index contributed by atoms with van der Waals surface area (Å²) in [6.07, 6.45) is 4.55. The maximum Gasteiger partial charge on any atom is 0.161 e. The third kappa shape index (κ3) is 3.33. The van der Waals surface area contributed by atoms with Crippen LogP contribution in [0, 0.1) is 0 Å². The fraction of sp³-hybridized carbons (Fsp3) is 0.438. The molecule has 6 heteroatoms. The van der Waals surface area contributed by atoms with Gasteiger partial charge < -0.3 is 19.9 Å². The van der Waals surface area contributed by atoms with Crippen molar-refractivity contribution < 1.29 is 14.6 Å². The number of fused-ring (bicyclic) bond motifs is 1. The van der Waals surface area contributed by atoms with Crippen molar-refractivity contribution in [1.82, 2.24) is 9.78 Å². The molecule has 1 aromatic carbocycles. The summed E-state index contributed by atoms with van der Waals surface area (Å²) in [6.45, 7) is 4.05.